The lowest BCUT2D eigenvalue weighted by atomic mass is 10.0. The number of rotatable bonds is 4. The van der Waals surface area contributed by atoms with E-state index in [0.29, 0.717) is 19.0 Å². The predicted octanol–water partition coefficient (Wildman–Crippen LogP) is 3.98. The quantitative estimate of drug-likeness (QED) is 0.547. The highest BCUT2D eigenvalue weighted by Gasteiger charge is 2.16. The van der Waals surface area contributed by atoms with Crippen molar-refractivity contribution in [2.75, 3.05) is 29.9 Å². The standard InChI is InChI=1S/C24H21N5O/c30-22-16-29(14-13-25-22)20-11-9-19(10-12-20)27-24-26-15-18-7-4-8-21(23(18)28-24)17-5-2-1-3-6-17/h1-12,15H,13-14,16H2,(H,25,30)(H,26,27,28). The maximum atomic E-state index is 11.6. The van der Waals surface area contributed by atoms with E-state index in [9.17, 15) is 4.79 Å². The third kappa shape index (κ3) is 3.67. The van der Waals surface area contributed by atoms with Gasteiger partial charge in [-0.15, -0.1) is 0 Å². The zero-order chi connectivity index (χ0) is 20.3. The molecule has 3 aromatic carbocycles. The van der Waals surface area contributed by atoms with Gasteiger partial charge in [-0.2, -0.15) is 0 Å². The molecule has 0 bridgehead atoms. The Bertz CT molecular complexity index is 1190. The molecule has 0 spiro atoms. The second-order valence-corrected chi connectivity index (χ2v) is 7.25. The summed E-state index contributed by atoms with van der Waals surface area (Å²) in [7, 11) is 0. The van der Waals surface area contributed by atoms with Crippen molar-refractivity contribution in [1.82, 2.24) is 15.3 Å². The molecule has 0 atom stereocenters. The first-order chi connectivity index (χ1) is 14.8. The number of carbonyl (C=O) groups is 1. The molecule has 1 saturated heterocycles. The summed E-state index contributed by atoms with van der Waals surface area (Å²) >= 11 is 0. The number of piperazine rings is 1. The Morgan fingerprint density at radius 1 is 0.933 bits per heavy atom. The van der Waals surface area contributed by atoms with Gasteiger partial charge in [0.05, 0.1) is 12.1 Å². The SMILES string of the molecule is O=C1CN(c2ccc(Nc3ncc4cccc(-c5ccccc5)c4n3)cc2)CCN1. The van der Waals surface area contributed by atoms with Crippen LogP contribution in [-0.4, -0.2) is 35.5 Å². The van der Waals surface area contributed by atoms with Crippen molar-refractivity contribution in [1.29, 1.82) is 0 Å². The van der Waals surface area contributed by atoms with Gasteiger partial charge in [0.1, 0.15) is 0 Å². The molecule has 148 valence electrons. The van der Waals surface area contributed by atoms with E-state index in [4.69, 9.17) is 4.98 Å². The van der Waals surface area contributed by atoms with Gasteiger partial charge in [-0.3, -0.25) is 4.79 Å². The summed E-state index contributed by atoms with van der Waals surface area (Å²) in [6.45, 7) is 1.88. The first kappa shape index (κ1) is 18.1. The fourth-order valence-electron chi connectivity index (χ4n) is 3.71. The minimum absolute atomic E-state index is 0.0576. The van der Waals surface area contributed by atoms with Crippen molar-refractivity contribution in [3.63, 3.8) is 0 Å². The molecule has 1 aromatic heterocycles. The topological polar surface area (TPSA) is 70.2 Å². The number of nitrogens with one attached hydrogen (secondary N) is 2. The van der Waals surface area contributed by atoms with E-state index < -0.39 is 0 Å². The highest BCUT2D eigenvalue weighted by atomic mass is 16.2. The lowest BCUT2D eigenvalue weighted by Gasteiger charge is -2.28. The Hall–Kier alpha value is -3.93. The number of fused-ring (bicyclic) bond motifs is 1. The molecule has 0 radical (unpaired) electrons. The van der Waals surface area contributed by atoms with Crippen LogP contribution in [0.5, 0.6) is 0 Å². The first-order valence-corrected chi connectivity index (χ1v) is 9.96. The van der Waals surface area contributed by atoms with E-state index in [1.165, 1.54) is 0 Å². The number of anilines is 3. The zero-order valence-electron chi connectivity index (χ0n) is 16.4. The molecule has 2 heterocycles. The lowest BCUT2D eigenvalue weighted by molar-refractivity contribution is -0.120. The van der Waals surface area contributed by atoms with Gasteiger partial charge in [0.15, 0.2) is 0 Å². The molecule has 30 heavy (non-hydrogen) atoms. The van der Waals surface area contributed by atoms with Crippen molar-refractivity contribution >= 4 is 34.1 Å². The molecule has 6 heteroatoms. The first-order valence-electron chi connectivity index (χ1n) is 9.96. The molecule has 1 fully saturated rings. The van der Waals surface area contributed by atoms with Crippen LogP contribution in [0.15, 0.2) is 79.0 Å². The average Bonchev–Trinajstić information content (AvgIpc) is 2.80. The molecule has 1 aliphatic heterocycles. The van der Waals surface area contributed by atoms with Gasteiger partial charge >= 0.3 is 0 Å². The van der Waals surface area contributed by atoms with E-state index in [2.05, 4.69) is 38.7 Å². The Kier molecular flexibility index (Phi) is 4.73. The van der Waals surface area contributed by atoms with E-state index in [-0.39, 0.29) is 5.91 Å². The van der Waals surface area contributed by atoms with Gasteiger partial charge < -0.3 is 15.5 Å². The highest BCUT2D eigenvalue weighted by Crippen LogP contribution is 2.28. The molecule has 5 rings (SSSR count). The monoisotopic (exact) mass is 395 g/mol. The van der Waals surface area contributed by atoms with Crippen molar-refractivity contribution in [2.45, 2.75) is 0 Å². The maximum Gasteiger partial charge on any atom is 0.239 e. The van der Waals surface area contributed by atoms with Crippen molar-refractivity contribution in [3.05, 3.63) is 79.0 Å². The fraction of sp³-hybridized carbons (Fsp3) is 0.125. The van der Waals surface area contributed by atoms with Crippen molar-refractivity contribution < 1.29 is 4.79 Å². The molecule has 0 aliphatic carbocycles. The average molecular weight is 395 g/mol. The second-order valence-electron chi connectivity index (χ2n) is 7.25. The number of nitrogens with zero attached hydrogens (tertiary/aromatic N) is 3. The minimum Gasteiger partial charge on any atom is -0.360 e. The number of para-hydroxylation sites is 1. The van der Waals surface area contributed by atoms with Crippen LogP contribution in [0.1, 0.15) is 0 Å². The Morgan fingerprint density at radius 2 is 1.77 bits per heavy atom. The van der Waals surface area contributed by atoms with Gasteiger partial charge in [-0.05, 0) is 29.8 Å². The van der Waals surface area contributed by atoms with Gasteiger partial charge in [0, 0.05) is 41.6 Å². The Balaban J connectivity index is 1.41. The molecular weight excluding hydrogens is 374 g/mol. The molecule has 1 aliphatic rings. The van der Waals surface area contributed by atoms with E-state index >= 15 is 0 Å². The van der Waals surface area contributed by atoms with Crippen LogP contribution in [0, 0.1) is 0 Å². The fourth-order valence-corrected chi connectivity index (χ4v) is 3.71. The highest BCUT2D eigenvalue weighted by molar-refractivity contribution is 5.93. The summed E-state index contributed by atoms with van der Waals surface area (Å²) in [4.78, 5) is 22.9. The maximum absolute atomic E-state index is 11.6. The molecule has 1 amide bonds. The predicted molar refractivity (Wildman–Crippen MR) is 120 cm³/mol. The molecule has 2 N–H and O–H groups in total. The second kappa shape index (κ2) is 7.83. The smallest absolute Gasteiger partial charge is 0.239 e. The van der Waals surface area contributed by atoms with Crippen LogP contribution in [0.4, 0.5) is 17.3 Å². The summed E-state index contributed by atoms with van der Waals surface area (Å²) in [5.41, 5.74) is 5.05. The van der Waals surface area contributed by atoms with Crippen LogP contribution in [0.3, 0.4) is 0 Å². The third-order valence-corrected chi connectivity index (χ3v) is 5.22. The largest absolute Gasteiger partial charge is 0.360 e. The molecule has 0 unspecified atom stereocenters. The van der Waals surface area contributed by atoms with Crippen LogP contribution in [0.25, 0.3) is 22.0 Å². The zero-order valence-corrected chi connectivity index (χ0v) is 16.4. The van der Waals surface area contributed by atoms with Gasteiger partial charge in [0.2, 0.25) is 11.9 Å². The van der Waals surface area contributed by atoms with Crippen molar-refractivity contribution in [3.8, 4) is 11.1 Å². The number of hydrogen-bond donors (Lipinski definition) is 2. The van der Waals surface area contributed by atoms with Crippen LogP contribution < -0.4 is 15.5 Å². The minimum atomic E-state index is 0.0576. The normalized spacial score (nSPS) is 13.9. The lowest BCUT2D eigenvalue weighted by Crippen LogP contribution is -2.47. The summed E-state index contributed by atoms with van der Waals surface area (Å²) in [5, 5.41) is 7.14. The Morgan fingerprint density at radius 3 is 2.57 bits per heavy atom. The van der Waals surface area contributed by atoms with Gasteiger partial charge in [0.25, 0.3) is 0 Å². The molecule has 4 aromatic rings. The number of aromatic nitrogens is 2. The molecular formula is C24H21N5O. The number of amides is 1. The summed E-state index contributed by atoms with van der Waals surface area (Å²) in [6, 6.07) is 24.4. The summed E-state index contributed by atoms with van der Waals surface area (Å²) < 4.78 is 0. The number of hydrogen-bond acceptors (Lipinski definition) is 5. The number of benzene rings is 3. The Labute approximate surface area is 174 Å². The summed E-state index contributed by atoms with van der Waals surface area (Å²) in [6.07, 6.45) is 1.85. The van der Waals surface area contributed by atoms with E-state index in [1.807, 2.05) is 60.8 Å². The van der Waals surface area contributed by atoms with Crippen LogP contribution in [-0.2, 0) is 4.79 Å². The summed E-state index contributed by atoms with van der Waals surface area (Å²) in [5.74, 6) is 0.609. The van der Waals surface area contributed by atoms with Gasteiger partial charge in [-0.1, -0.05) is 48.5 Å². The van der Waals surface area contributed by atoms with Gasteiger partial charge in [-0.25, -0.2) is 9.97 Å². The van der Waals surface area contributed by atoms with E-state index in [0.717, 1.165) is 39.9 Å². The van der Waals surface area contributed by atoms with Crippen LogP contribution in [0.2, 0.25) is 0 Å². The van der Waals surface area contributed by atoms with Crippen LogP contribution >= 0.6 is 0 Å². The third-order valence-electron chi connectivity index (χ3n) is 5.22. The molecule has 6 nitrogen and oxygen atoms in total. The van der Waals surface area contributed by atoms with Crippen molar-refractivity contribution in [2.24, 2.45) is 0 Å². The number of carbonyl (C=O) groups excluding carboxylic acids is 1. The van der Waals surface area contributed by atoms with E-state index in [1.54, 1.807) is 0 Å². The molecule has 0 saturated carbocycles.